The van der Waals surface area contributed by atoms with E-state index in [2.05, 4.69) is 0 Å². The molecule has 0 saturated carbocycles. The van der Waals surface area contributed by atoms with Crippen LogP contribution >= 0.6 is 0 Å². The van der Waals surface area contributed by atoms with E-state index < -0.39 is 87.3 Å². The molecule has 2 fully saturated rings. The Bertz CT molecular complexity index is 1310. The number of hydrogen-bond acceptors (Lipinski definition) is 15. The molecule has 3 heterocycles. The second-order valence-corrected chi connectivity index (χ2v) is 10.7. The van der Waals surface area contributed by atoms with Crippen LogP contribution in [-0.2, 0) is 14.2 Å². The fraction of sp³-hybridized carbons (Fsp3) is 0.517. The second kappa shape index (κ2) is 13.5. The molecular weight excluding hydrogens is 588 g/mol. The van der Waals surface area contributed by atoms with Crippen LogP contribution < -0.4 is 14.2 Å². The summed E-state index contributed by atoms with van der Waals surface area (Å²) in [6, 6.07) is 9.21. The molecule has 2 aromatic rings. The number of ether oxygens (including phenoxy) is 6. The van der Waals surface area contributed by atoms with Crippen LogP contribution in [0, 0.1) is 0 Å². The lowest BCUT2D eigenvalue weighted by Crippen LogP contribution is -2.60. The van der Waals surface area contributed by atoms with Gasteiger partial charge in [0.15, 0.2) is 30.0 Å². The smallest absolute Gasteiger partial charge is 0.229 e. The first-order chi connectivity index (χ1) is 21.1. The maximum absolute atomic E-state index is 10.9. The van der Waals surface area contributed by atoms with Gasteiger partial charge in [0.2, 0.25) is 6.29 Å². The molecule has 2 aromatic carbocycles. The van der Waals surface area contributed by atoms with E-state index in [0.717, 1.165) is 5.56 Å². The number of phenols is 1. The maximum Gasteiger partial charge on any atom is 0.229 e. The molecule has 2 saturated heterocycles. The second-order valence-electron chi connectivity index (χ2n) is 10.7. The Morgan fingerprint density at radius 1 is 0.886 bits per heavy atom. The third-order valence-electron chi connectivity index (χ3n) is 7.67. The number of fused-ring (bicyclic) bond motifs is 1. The molecular formula is C29H36O15. The van der Waals surface area contributed by atoms with Crippen molar-refractivity contribution in [3.05, 3.63) is 53.6 Å². The van der Waals surface area contributed by atoms with Crippen molar-refractivity contribution in [2.75, 3.05) is 33.0 Å². The number of aliphatic hydroxyl groups excluding tert-OH is 7. The maximum atomic E-state index is 10.9. The molecule has 0 amide bonds. The number of rotatable bonds is 10. The number of benzene rings is 2. The van der Waals surface area contributed by atoms with E-state index in [1.807, 2.05) is 0 Å². The van der Waals surface area contributed by atoms with Gasteiger partial charge in [-0.05, 0) is 29.8 Å². The summed E-state index contributed by atoms with van der Waals surface area (Å²) in [6.07, 6.45) is -9.38. The molecule has 5 rings (SSSR count). The van der Waals surface area contributed by atoms with Gasteiger partial charge in [0, 0.05) is 11.6 Å². The highest BCUT2D eigenvalue weighted by Gasteiger charge is 2.50. The van der Waals surface area contributed by atoms with Gasteiger partial charge < -0.3 is 74.4 Å². The van der Waals surface area contributed by atoms with Crippen LogP contribution in [0.1, 0.15) is 17.2 Å². The Hall–Kier alpha value is -3.06. The predicted molar refractivity (Wildman–Crippen MR) is 147 cm³/mol. The van der Waals surface area contributed by atoms with Crippen molar-refractivity contribution in [3.8, 4) is 23.0 Å². The van der Waals surface area contributed by atoms with Gasteiger partial charge in [-0.2, -0.15) is 0 Å². The average molecular weight is 625 g/mol. The standard InChI is InChI=1S/C29H36O15/c30-7-1-2-14-3-6-18-19(8-14)43-25(20(10-31)42-18)16-5-4-15(9-17(16)33)41-27-24(36)23(35)22(34)21(44-27)11-39-28-26(37)29(38,12-32)13-40-28/h1-6,8-9,20-28,30-38H,7,10-13H2. The van der Waals surface area contributed by atoms with Crippen molar-refractivity contribution in [2.45, 2.75) is 60.9 Å². The molecule has 9 N–H and O–H groups in total. The Labute approximate surface area is 251 Å². The van der Waals surface area contributed by atoms with E-state index in [1.165, 1.54) is 18.2 Å². The third-order valence-corrected chi connectivity index (χ3v) is 7.67. The summed E-state index contributed by atoms with van der Waals surface area (Å²) in [4.78, 5) is 0. The Kier molecular flexibility index (Phi) is 9.93. The minimum absolute atomic E-state index is 0.00946. The third kappa shape index (κ3) is 6.49. The van der Waals surface area contributed by atoms with Gasteiger partial charge in [0.05, 0.1) is 33.0 Å². The van der Waals surface area contributed by atoms with Crippen LogP contribution in [0.5, 0.6) is 23.0 Å². The van der Waals surface area contributed by atoms with Gasteiger partial charge in [-0.25, -0.2) is 0 Å². The fourth-order valence-corrected chi connectivity index (χ4v) is 5.09. The first kappa shape index (κ1) is 32.3. The summed E-state index contributed by atoms with van der Waals surface area (Å²) in [7, 11) is 0. The first-order valence-corrected chi connectivity index (χ1v) is 13.9. The largest absolute Gasteiger partial charge is 0.507 e. The van der Waals surface area contributed by atoms with E-state index in [-0.39, 0.29) is 23.7 Å². The molecule has 0 aliphatic carbocycles. The molecule has 0 spiro atoms. The van der Waals surface area contributed by atoms with Gasteiger partial charge in [-0.1, -0.05) is 18.2 Å². The van der Waals surface area contributed by atoms with E-state index in [1.54, 1.807) is 30.4 Å². The zero-order valence-electron chi connectivity index (χ0n) is 23.3. The van der Waals surface area contributed by atoms with Crippen LogP contribution in [-0.4, -0.2) is 134 Å². The number of hydrogen-bond donors (Lipinski definition) is 9. The monoisotopic (exact) mass is 624 g/mol. The summed E-state index contributed by atoms with van der Waals surface area (Å²) in [5.41, 5.74) is -0.943. The van der Waals surface area contributed by atoms with Crippen molar-refractivity contribution < 1.29 is 74.4 Å². The predicted octanol–water partition coefficient (Wildman–Crippen LogP) is -2.09. The van der Waals surface area contributed by atoms with E-state index in [0.29, 0.717) is 11.5 Å². The SMILES string of the molecule is OCC=Cc1ccc2c(c1)OC(c1ccc(OC3OC(COC4OCC(O)(CO)C4O)C(O)C(O)C3O)cc1O)C(CO)O2. The highest BCUT2D eigenvalue weighted by atomic mass is 16.7. The normalized spacial score (nSPS) is 35.2. The number of phenolic OH excluding ortho intramolecular Hbond substituents is 1. The van der Waals surface area contributed by atoms with Crippen LogP contribution in [0.25, 0.3) is 6.08 Å². The number of aromatic hydroxyl groups is 1. The molecule has 15 heteroatoms. The quantitative estimate of drug-likeness (QED) is 0.138. The van der Waals surface area contributed by atoms with Crippen molar-refractivity contribution in [1.82, 2.24) is 0 Å². The Balaban J connectivity index is 1.27. The Morgan fingerprint density at radius 2 is 1.68 bits per heavy atom. The minimum Gasteiger partial charge on any atom is -0.507 e. The topological polar surface area (TPSA) is 237 Å². The molecule has 10 atom stereocenters. The highest BCUT2D eigenvalue weighted by molar-refractivity contribution is 5.57. The van der Waals surface area contributed by atoms with Crippen LogP contribution in [0.2, 0.25) is 0 Å². The van der Waals surface area contributed by atoms with Crippen molar-refractivity contribution in [3.63, 3.8) is 0 Å². The summed E-state index contributed by atoms with van der Waals surface area (Å²) in [6.45, 7) is -2.21. The molecule has 0 bridgehead atoms. The molecule has 44 heavy (non-hydrogen) atoms. The van der Waals surface area contributed by atoms with Crippen LogP contribution in [0.15, 0.2) is 42.5 Å². The molecule has 3 aliphatic heterocycles. The van der Waals surface area contributed by atoms with Gasteiger partial charge >= 0.3 is 0 Å². The lowest BCUT2D eigenvalue weighted by atomic mass is 9.99. The zero-order valence-corrected chi connectivity index (χ0v) is 23.3. The zero-order chi connectivity index (χ0) is 31.6. The summed E-state index contributed by atoms with van der Waals surface area (Å²) in [5, 5.41) is 90.8. The first-order valence-electron chi connectivity index (χ1n) is 13.9. The van der Waals surface area contributed by atoms with Crippen molar-refractivity contribution in [1.29, 1.82) is 0 Å². The lowest BCUT2D eigenvalue weighted by Gasteiger charge is -2.40. The molecule has 0 radical (unpaired) electrons. The van der Waals surface area contributed by atoms with Gasteiger partial charge in [0.1, 0.15) is 47.6 Å². The van der Waals surface area contributed by atoms with E-state index >= 15 is 0 Å². The molecule has 10 unspecified atom stereocenters. The average Bonchev–Trinajstić information content (AvgIpc) is 3.32. The Morgan fingerprint density at radius 3 is 2.36 bits per heavy atom. The van der Waals surface area contributed by atoms with Crippen molar-refractivity contribution >= 4 is 6.08 Å². The minimum atomic E-state index is -1.93. The summed E-state index contributed by atoms with van der Waals surface area (Å²) < 4.78 is 33.8. The molecule has 15 nitrogen and oxygen atoms in total. The fourth-order valence-electron chi connectivity index (χ4n) is 5.09. The summed E-state index contributed by atoms with van der Waals surface area (Å²) >= 11 is 0. The van der Waals surface area contributed by atoms with Crippen molar-refractivity contribution in [2.24, 2.45) is 0 Å². The molecule has 3 aliphatic rings. The molecule has 0 aromatic heterocycles. The van der Waals surface area contributed by atoms with Gasteiger partial charge in [-0.15, -0.1) is 0 Å². The molecule has 242 valence electrons. The van der Waals surface area contributed by atoms with E-state index in [9.17, 15) is 40.9 Å². The van der Waals surface area contributed by atoms with E-state index in [4.69, 9.17) is 33.5 Å². The van der Waals surface area contributed by atoms with Gasteiger partial charge in [0.25, 0.3) is 0 Å². The number of aliphatic hydroxyl groups is 8. The highest BCUT2D eigenvalue weighted by Crippen LogP contribution is 2.43. The van der Waals surface area contributed by atoms with Crippen LogP contribution in [0.3, 0.4) is 0 Å². The summed E-state index contributed by atoms with van der Waals surface area (Å²) in [5.74, 6) is 0.455. The van der Waals surface area contributed by atoms with Crippen LogP contribution in [0.4, 0.5) is 0 Å². The van der Waals surface area contributed by atoms with Gasteiger partial charge in [-0.3, -0.25) is 0 Å². The lowest BCUT2D eigenvalue weighted by molar-refractivity contribution is -0.289.